The standard InChI is InChI=1S/C25H33FN2/c1-4-25-19-27(18-23-12-14-24(26)15-13-23)16-5-17-28(25)21(3)8-11-22-9-6-20(2)7-10-22/h6-7,9-10,12-15,25H,3-5,8,11,16-19H2,1-2H3. The lowest BCUT2D eigenvalue weighted by atomic mass is 10.0. The minimum atomic E-state index is -0.165. The lowest BCUT2D eigenvalue weighted by Crippen LogP contribution is -2.39. The highest BCUT2D eigenvalue weighted by atomic mass is 19.1. The van der Waals surface area contributed by atoms with E-state index in [0.29, 0.717) is 6.04 Å². The normalized spacial score (nSPS) is 18.1. The fourth-order valence-electron chi connectivity index (χ4n) is 4.08. The summed E-state index contributed by atoms with van der Waals surface area (Å²) in [6.45, 7) is 12.9. The molecule has 0 aliphatic carbocycles. The molecule has 1 saturated heterocycles. The van der Waals surface area contributed by atoms with Crippen LogP contribution in [0.1, 0.15) is 42.9 Å². The first-order valence-corrected chi connectivity index (χ1v) is 10.5. The molecule has 0 amide bonds. The Bertz CT molecular complexity index is 751. The van der Waals surface area contributed by atoms with Gasteiger partial charge in [0.25, 0.3) is 0 Å². The van der Waals surface area contributed by atoms with Crippen molar-refractivity contribution in [2.75, 3.05) is 19.6 Å². The molecule has 1 atom stereocenters. The molecule has 0 spiro atoms. The van der Waals surface area contributed by atoms with Crippen LogP contribution in [-0.2, 0) is 13.0 Å². The van der Waals surface area contributed by atoms with Gasteiger partial charge in [-0.2, -0.15) is 0 Å². The maximum absolute atomic E-state index is 13.2. The first-order chi connectivity index (χ1) is 13.5. The maximum atomic E-state index is 13.2. The lowest BCUT2D eigenvalue weighted by Gasteiger charge is -2.34. The van der Waals surface area contributed by atoms with Gasteiger partial charge in [0.1, 0.15) is 5.82 Å². The highest BCUT2D eigenvalue weighted by molar-refractivity contribution is 5.22. The Morgan fingerprint density at radius 2 is 1.71 bits per heavy atom. The van der Waals surface area contributed by atoms with Crippen LogP contribution in [0.4, 0.5) is 4.39 Å². The van der Waals surface area contributed by atoms with Gasteiger partial charge in [-0.25, -0.2) is 4.39 Å². The van der Waals surface area contributed by atoms with Crippen molar-refractivity contribution in [3.8, 4) is 0 Å². The number of aryl methyl sites for hydroxylation is 2. The first-order valence-electron chi connectivity index (χ1n) is 10.5. The number of halogens is 1. The molecule has 3 rings (SSSR count). The van der Waals surface area contributed by atoms with Crippen LogP contribution >= 0.6 is 0 Å². The fraction of sp³-hybridized carbons (Fsp3) is 0.440. The van der Waals surface area contributed by atoms with Crippen LogP contribution < -0.4 is 0 Å². The van der Waals surface area contributed by atoms with Gasteiger partial charge in [-0.1, -0.05) is 55.5 Å². The summed E-state index contributed by atoms with van der Waals surface area (Å²) in [5.74, 6) is -0.165. The second-order valence-corrected chi connectivity index (χ2v) is 8.02. The summed E-state index contributed by atoms with van der Waals surface area (Å²) in [4.78, 5) is 5.05. The first kappa shape index (κ1) is 20.6. The van der Waals surface area contributed by atoms with E-state index in [-0.39, 0.29) is 5.82 Å². The summed E-state index contributed by atoms with van der Waals surface area (Å²) in [5, 5.41) is 0. The van der Waals surface area contributed by atoms with Gasteiger partial charge in [-0.05, 0) is 55.9 Å². The minimum Gasteiger partial charge on any atom is -0.371 e. The number of benzene rings is 2. The summed E-state index contributed by atoms with van der Waals surface area (Å²) >= 11 is 0. The van der Waals surface area contributed by atoms with Crippen molar-refractivity contribution >= 4 is 0 Å². The predicted molar refractivity (Wildman–Crippen MR) is 116 cm³/mol. The minimum absolute atomic E-state index is 0.165. The molecule has 0 aromatic heterocycles. The van der Waals surface area contributed by atoms with Crippen molar-refractivity contribution in [2.24, 2.45) is 0 Å². The quantitative estimate of drug-likeness (QED) is 0.620. The van der Waals surface area contributed by atoms with Crippen LogP contribution in [-0.4, -0.2) is 35.5 Å². The van der Waals surface area contributed by atoms with Crippen LogP contribution in [0.15, 0.2) is 60.8 Å². The molecule has 1 aliphatic heterocycles. The number of hydrogen-bond acceptors (Lipinski definition) is 2. The maximum Gasteiger partial charge on any atom is 0.123 e. The highest BCUT2D eigenvalue weighted by Crippen LogP contribution is 2.22. The molecule has 2 aromatic carbocycles. The van der Waals surface area contributed by atoms with Gasteiger partial charge in [0.15, 0.2) is 0 Å². The van der Waals surface area contributed by atoms with Crippen LogP contribution in [0.2, 0.25) is 0 Å². The van der Waals surface area contributed by atoms with E-state index in [1.54, 1.807) is 12.1 Å². The van der Waals surface area contributed by atoms with E-state index in [0.717, 1.165) is 51.9 Å². The Morgan fingerprint density at radius 3 is 2.39 bits per heavy atom. The van der Waals surface area contributed by atoms with E-state index in [2.05, 4.69) is 54.5 Å². The zero-order valence-electron chi connectivity index (χ0n) is 17.3. The van der Waals surface area contributed by atoms with E-state index in [9.17, 15) is 4.39 Å². The van der Waals surface area contributed by atoms with Crippen molar-refractivity contribution in [2.45, 2.75) is 52.1 Å². The van der Waals surface area contributed by atoms with Crippen molar-refractivity contribution in [3.63, 3.8) is 0 Å². The highest BCUT2D eigenvalue weighted by Gasteiger charge is 2.24. The molecule has 0 saturated carbocycles. The third kappa shape index (κ3) is 5.68. The van der Waals surface area contributed by atoms with Gasteiger partial charge in [0, 0.05) is 37.9 Å². The van der Waals surface area contributed by atoms with Crippen molar-refractivity contribution in [1.82, 2.24) is 9.80 Å². The van der Waals surface area contributed by atoms with Crippen LogP contribution in [0.25, 0.3) is 0 Å². The van der Waals surface area contributed by atoms with Gasteiger partial charge in [0.05, 0.1) is 0 Å². The third-order valence-electron chi connectivity index (χ3n) is 5.80. The molecule has 150 valence electrons. The van der Waals surface area contributed by atoms with Crippen LogP contribution in [0, 0.1) is 12.7 Å². The summed E-state index contributed by atoms with van der Waals surface area (Å²) < 4.78 is 13.2. The van der Waals surface area contributed by atoms with Crippen LogP contribution in [0.3, 0.4) is 0 Å². The zero-order chi connectivity index (χ0) is 19.9. The second-order valence-electron chi connectivity index (χ2n) is 8.02. The molecule has 3 heteroatoms. The van der Waals surface area contributed by atoms with E-state index >= 15 is 0 Å². The van der Waals surface area contributed by atoms with Gasteiger partial charge in [-0.15, -0.1) is 0 Å². The molecule has 28 heavy (non-hydrogen) atoms. The SMILES string of the molecule is C=C(CCc1ccc(C)cc1)N1CCCN(Cc2ccc(F)cc2)CC1CC. The van der Waals surface area contributed by atoms with Crippen molar-refractivity contribution in [1.29, 1.82) is 0 Å². The number of hydrogen-bond donors (Lipinski definition) is 0. The number of allylic oxidation sites excluding steroid dienone is 1. The van der Waals surface area contributed by atoms with Gasteiger partial charge < -0.3 is 4.90 Å². The molecule has 2 aromatic rings. The van der Waals surface area contributed by atoms with Crippen molar-refractivity contribution < 1.29 is 4.39 Å². The molecule has 0 N–H and O–H groups in total. The van der Waals surface area contributed by atoms with Gasteiger partial charge in [-0.3, -0.25) is 4.90 Å². The number of nitrogens with zero attached hydrogens (tertiary/aromatic N) is 2. The zero-order valence-corrected chi connectivity index (χ0v) is 17.3. The van der Waals surface area contributed by atoms with Crippen LogP contribution in [0.5, 0.6) is 0 Å². The number of rotatable bonds is 7. The molecule has 1 fully saturated rings. The molecular weight excluding hydrogens is 347 g/mol. The van der Waals surface area contributed by atoms with Gasteiger partial charge >= 0.3 is 0 Å². The summed E-state index contributed by atoms with van der Waals surface area (Å²) in [6.07, 6.45) is 4.31. The third-order valence-corrected chi connectivity index (χ3v) is 5.80. The van der Waals surface area contributed by atoms with Crippen molar-refractivity contribution in [3.05, 3.63) is 83.3 Å². The summed E-state index contributed by atoms with van der Waals surface area (Å²) in [7, 11) is 0. The van der Waals surface area contributed by atoms with E-state index in [4.69, 9.17) is 0 Å². The molecule has 1 aliphatic rings. The molecule has 1 heterocycles. The average Bonchev–Trinajstić information content (AvgIpc) is 2.91. The van der Waals surface area contributed by atoms with E-state index in [1.807, 2.05) is 12.1 Å². The molecule has 1 unspecified atom stereocenters. The molecule has 2 nitrogen and oxygen atoms in total. The predicted octanol–water partition coefficient (Wildman–Crippen LogP) is 5.57. The topological polar surface area (TPSA) is 6.48 Å². The molecule has 0 bridgehead atoms. The second kappa shape index (κ2) is 9.88. The Labute approximate surface area is 169 Å². The Morgan fingerprint density at radius 1 is 1.04 bits per heavy atom. The van der Waals surface area contributed by atoms with Gasteiger partial charge in [0.2, 0.25) is 0 Å². The Kier molecular flexibility index (Phi) is 7.27. The largest absolute Gasteiger partial charge is 0.371 e. The Hall–Kier alpha value is -2.13. The fourth-order valence-corrected chi connectivity index (χ4v) is 4.08. The smallest absolute Gasteiger partial charge is 0.123 e. The summed E-state index contributed by atoms with van der Waals surface area (Å²) in [6, 6.07) is 16.2. The summed E-state index contributed by atoms with van der Waals surface area (Å²) in [5.41, 5.74) is 5.13. The van der Waals surface area contributed by atoms with E-state index in [1.165, 1.54) is 22.4 Å². The average molecular weight is 381 g/mol. The monoisotopic (exact) mass is 380 g/mol. The van der Waals surface area contributed by atoms with E-state index < -0.39 is 0 Å². The molecular formula is C25H33FN2. The molecule has 0 radical (unpaired) electrons. The lowest BCUT2D eigenvalue weighted by molar-refractivity contribution is 0.200. The Balaban J connectivity index is 1.58.